The van der Waals surface area contributed by atoms with E-state index in [1.807, 2.05) is 29.1 Å². The normalized spacial score (nSPS) is 15.4. The molecule has 1 aliphatic rings. The van der Waals surface area contributed by atoms with E-state index in [-0.39, 0.29) is 0 Å². The van der Waals surface area contributed by atoms with E-state index >= 15 is 0 Å². The molecule has 1 N–H and O–H groups in total. The molecule has 1 saturated carbocycles. The highest BCUT2D eigenvalue weighted by atomic mass is 15.3. The van der Waals surface area contributed by atoms with Gasteiger partial charge < -0.3 is 5.32 Å². The van der Waals surface area contributed by atoms with Gasteiger partial charge in [-0.25, -0.2) is 4.68 Å². The quantitative estimate of drug-likeness (QED) is 0.804. The van der Waals surface area contributed by atoms with Crippen LogP contribution in [0, 0.1) is 5.92 Å². The summed E-state index contributed by atoms with van der Waals surface area (Å²) in [7, 11) is 0. The molecule has 1 aliphatic carbocycles. The summed E-state index contributed by atoms with van der Waals surface area (Å²) in [5.74, 6) is 0.986. The Morgan fingerprint density at radius 1 is 1.21 bits per heavy atom. The second kappa shape index (κ2) is 6.02. The Labute approximate surface area is 114 Å². The lowest BCUT2D eigenvalue weighted by Crippen LogP contribution is -2.20. The molecule has 0 atom stereocenters. The third kappa shape index (κ3) is 3.24. The lowest BCUT2D eigenvalue weighted by atomic mass is 9.83. The number of rotatable bonds is 6. The Kier molecular flexibility index (Phi) is 3.94. The number of nitrogens with one attached hydrogen (secondary N) is 1. The van der Waals surface area contributed by atoms with Crippen LogP contribution >= 0.6 is 0 Å². The van der Waals surface area contributed by atoms with Crippen LogP contribution in [0.2, 0.25) is 0 Å². The monoisotopic (exact) mass is 255 g/mol. The molecule has 0 aliphatic heterocycles. The maximum absolute atomic E-state index is 4.40. The van der Waals surface area contributed by atoms with Crippen LogP contribution in [0.1, 0.15) is 31.2 Å². The molecule has 100 valence electrons. The maximum atomic E-state index is 4.40. The van der Waals surface area contributed by atoms with Gasteiger partial charge in [0.25, 0.3) is 0 Å². The van der Waals surface area contributed by atoms with Crippen molar-refractivity contribution in [3.63, 3.8) is 0 Å². The summed E-state index contributed by atoms with van der Waals surface area (Å²) >= 11 is 0. The van der Waals surface area contributed by atoms with Gasteiger partial charge in [0.05, 0.1) is 11.9 Å². The van der Waals surface area contributed by atoms with Crippen molar-refractivity contribution in [1.82, 2.24) is 15.1 Å². The molecule has 1 aromatic heterocycles. The molecule has 0 spiro atoms. The van der Waals surface area contributed by atoms with Crippen LogP contribution in [-0.4, -0.2) is 16.3 Å². The molecule has 19 heavy (non-hydrogen) atoms. The lowest BCUT2D eigenvalue weighted by molar-refractivity contribution is 0.292. The molecule has 3 rings (SSSR count). The zero-order chi connectivity index (χ0) is 12.9. The van der Waals surface area contributed by atoms with Gasteiger partial charge in [0.2, 0.25) is 0 Å². The Morgan fingerprint density at radius 2 is 2.05 bits per heavy atom. The molecule has 0 saturated heterocycles. The number of aromatic nitrogens is 2. The minimum absolute atomic E-state index is 0.916. The Balaban J connectivity index is 1.48. The summed E-state index contributed by atoms with van der Waals surface area (Å²) in [5, 5.41) is 7.92. The highest BCUT2D eigenvalue weighted by Gasteiger charge is 2.16. The fourth-order valence-electron chi connectivity index (χ4n) is 2.49. The van der Waals surface area contributed by atoms with Crippen molar-refractivity contribution >= 4 is 0 Å². The largest absolute Gasteiger partial charge is 0.313 e. The van der Waals surface area contributed by atoms with Crippen molar-refractivity contribution in [3.05, 3.63) is 48.3 Å². The first-order valence-corrected chi connectivity index (χ1v) is 7.21. The van der Waals surface area contributed by atoms with E-state index < -0.39 is 0 Å². The Hall–Kier alpha value is -1.61. The fraction of sp³-hybridized carbons (Fsp3) is 0.438. The molecule has 0 amide bonds. The van der Waals surface area contributed by atoms with Crippen LogP contribution in [0.4, 0.5) is 0 Å². The van der Waals surface area contributed by atoms with Gasteiger partial charge in [-0.1, -0.05) is 37.5 Å². The van der Waals surface area contributed by atoms with Gasteiger partial charge in [-0.15, -0.1) is 0 Å². The summed E-state index contributed by atoms with van der Waals surface area (Å²) in [4.78, 5) is 0. The topological polar surface area (TPSA) is 29.9 Å². The standard InChI is InChI=1S/C16H21N3/c1-2-7-16(8-3-1)19-13-15(12-18-19)11-17-10-9-14-5-4-6-14/h1-3,7-8,12-14,17H,4-6,9-11H2. The first-order chi connectivity index (χ1) is 9.42. The van der Waals surface area contributed by atoms with Crippen LogP contribution in [0.3, 0.4) is 0 Å². The summed E-state index contributed by atoms with van der Waals surface area (Å²) < 4.78 is 1.93. The summed E-state index contributed by atoms with van der Waals surface area (Å²) in [6, 6.07) is 10.2. The first-order valence-electron chi connectivity index (χ1n) is 7.21. The van der Waals surface area contributed by atoms with E-state index in [4.69, 9.17) is 0 Å². The molecule has 2 aromatic rings. The van der Waals surface area contributed by atoms with Crippen molar-refractivity contribution < 1.29 is 0 Å². The van der Waals surface area contributed by atoms with Crippen molar-refractivity contribution in [2.75, 3.05) is 6.54 Å². The smallest absolute Gasteiger partial charge is 0.0645 e. The van der Waals surface area contributed by atoms with E-state index in [1.165, 1.54) is 31.2 Å². The molecule has 3 heteroatoms. The minimum Gasteiger partial charge on any atom is -0.313 e. The molecule has 0 bridgehead atoms. The molecule has 0 unspecified atom stereocenters. The van der Waals surface area contributed by atoms with Crippen LogP contribution in [-0.2, 0) is 6.54 Å². The van der Waals surface area contributed by atoms with Crippen LogP contribution in [0.5, 0.6) is 0 Å². The van der Waals surface area contributed by atoms with E-state index in [9.17, 15) is 0 Å². The molecular formula is C16H21N3. The molecule has 1 fully saturated rings. The van der Waals surface area contributed by atoms with Gasteiger partial charge in [0, 0.05) is 18.3 Å². The third-order valence-corrected chi connectivity index (χ3v) is 3.94. The van der Waals surface area contributed by atoms with E-state index in [2.05, 4.69) is 28.7 Å². The molecule has 1 heterocycles. The van der Waals surface area contributed by atoms with Gasteiger partial charge in [0.1, 0.15) is 0 Å². The van der Waals surface area contributed by atoms with E-state index in [0.717, 1.165) is 24.7 Å². The number of hydrogen-bond donors (Lipinski definition) is 1. The lowest BCUT2D eigenvalue weighted by Gasteiger charge is -2.25. The van der Waals surface area contributed by atoms with Crippen molar-refractivity contribution in [3.8, 4) is 5.69 Å². The number of para-hydroxylation sites is 1. The highest BCUT2D eigenvalue weighted by molar-refractivity contribution is 5.30. The zero-order valence-electron chi connectivity index (χ0n) is 11.3. The van der Waals surface area contributed by atoms with Crippen molar-refractivity contribution in [2.24, 2.45) is 5.92 Å². The molecular weight excluding hydrogens is 234 g/mol. The highest BCUT2D eigenvalue weighted by Crippen LogP contribution is 2.28. The number of nitrogens with zero attached hydrogens (tertiary/aromatic N) is 2. The average molecular weight is 255 g/mol. The Morgan fingerprint density at radius 3 is 2.79 bits per heavy atom. The van der Waals surface area contributed by atoms with Crippen molar-refractivity contribution in [1.29, 1.82) is 0 Å². The second-order valence-corrected chi connectivity index (χ2v) is 5.39. The maximum Gasteiger partial charge on any atom is 0.0645 e. The SMILES string of the molecule is c1ccc(-n2cc(CNCCC3CCC3)cn2)cc1. The average Bonchev–Trinajstić information content (AvgIpc) is 2.86. The van der Waals surface area contributed by atoms with Crippen LogP contribution in [0.15, 0.2) is 42.7 Å². The van der Waals surface area contributed by atoms with Crippen LogP contribution < -0.4 is 5.32 Å². The van der Waals surface area contributed by atoms with Gasteiger partial charge >= 0.3 is 0 Å². The summed E-state index contributed by atoms with van der Waals surface area (Å²) in [6.45, 7) is 2.04. The van der Waals surface area contributed by atoms with Crippen molar-refractivity contribution in [2.45, 2.75) is 32.2 Å². The molecule has 0 radical (unpaired) electrons. The second-order valence-electron chi connectivity index (χ2n) is 5.39. The summed E-state index contributed by atoms with van der Waals surface area (Å²) in [6.07, 6.45) is 9.69. The van der Waals surface area contributed by atoms with Gasteiger partial charge in [-0.05, 0) is 31.0 Å². The predicted molar refractivity (Wildman–Crippen MR) is 77.2 cm³/mol. The molecule has 3 nitrogen and oxygen atoms in total. The minimum atomic E-state index is 0.916. The third-order valence-electron chi connectivity index (χ3n) is 3.94. The number of benzene rings is 1. The van der Waals surface area contributed by atoms with Crippen LogP contribution in [0.25, 0.3) is 5.69 Å². The van der Waals surface area contributed by atoms with E-state index in [1.54, 1.807) is 0 Å². The predicted octanol–water partition coefficient (Wildman–Crippen LogP) is 3.15. The first kappa shape index (κ1) is 12.4. The number of hydrogen-bond acceptors (Lipinski definition) is 2. The van der Waals surface area contributed by atoms with Gasteiger partial charge in [0.15, 0.2) is 0 Å². The van der Waals surface area contributed by atoms with Gasteiger partial charge in [-0.2, -0.15) is 5.10 Å². The zero-order valence-corrected chi connectivity index (χ0v) is 11.3. The fourth-order valence-corrected chi connectivity index (χ4v) is 2.49. The molecule has 1 aromatic carbocycles. The van der Waals surface area contributed by atoms with Gasteiger partial charge in [-0.3, -0.25) is 0 Å². The Bertz CT molecular complexity index is 500. The summed E-state index contributed by atoms with van der Waals surface area (Å²) in [5.41, 5.74) is 2.36. The van der Waals surface area contributed by atoms with E-state index in [0.29, 0.717) is 0 Å².